The number of hydrogen-bond acceptors (Lipinski definition) is 4. The zero-order chi connectivity index (χ0) is 16.6. The van der Waals surface area contributed by atoms with E-state index in [0.717, 1.165) is 25.8 Å². The van der Waals surface area contributed by atoms with Crippen molar-refractivity contribution in [2.75, 3.05) is 39.3 Å². The number of amides is 3. The Morgan fingerprint density at radius 3 is 2.65 bits per heavy atom. The van der Waals surface area contributed by atoms with Crippen LogP contribution in [0.3, 0.4) is 0 Å². The van der Waals surface area contributed by atoms with Gasteiger partial charge in [-0.3, -0.25) is 14.5 Å². The number of likely N-dealkylation sites (tertiary alicyclic amines) is 2. The lowest BCUT2D eigenvalue weighted by Crippen LogP contribution is -2.53. The molecule has 0 saturated carbocycles. The van der Waals surface area contributed by atoms with Gasteiger partial charge in [0.15, 0.2) is 0 Å². The first-order valence-electron chi connectivity index (χ1n) is 8.43. The van der Waals surface area contributed by atoms with E-state index >= 15 is 0 Å². The highest BCUT2D eigenvalue weighted by Crippen LogP contribution is 2.40. The lowest BCUT2D eigenvalue weighted by Gasteiger charge is -2.41. The lowest BCUT2D eigenvalue weighted by molar-refractivity contribution is -0.148. The number of piperidine rings is 1. The lowest BCUT2D eigenvalue weighted by atomic mass is 9.78. The van der Waals surface area contributed by atoms with E-state index in [-0.39, 0.29) is 24.4 Å². The van der Waals surface area contributed by atoms with Crippen LogP contribution in [0.5, 0.6) is 0 Å². The van der Waals surface area contributed by atoms with Crippen molar-refractivity contribution in [1.29, 1.82) is 0 Å². The predicted octanol–water partition coefficient (Wildman–Crippen LogP) is 0.688. The molecule has 1 atom stereocenters. The zero-order valence-electron chi connectivity index (χ0n) is 13.9. The van der Waals surface area contributed by atoms with Crippen molar-refractivity contribution in [3.8, 4) is 0 Å². The van der Waals surface area contributed by atoms with Gasteiger partial charge in [-0.05, 0) is 33.1 Å². The van der Waals surface area contributed by atoms with Crippen LogP contribution in [0.15, 0.2) is 0 Å². The molecule has 0 bridgehead atoms. The minimum absolute atomic E-state index is 0.0526. The Bertz CT molecular complexity index is 521. The SMILES string of the molecule is CC(C)N1CCC[C@]2(CCN(C(=O)CN3CCOC3=O)C2)C1=O. The molecule has 3 fully saturated rings. The molecule has 23 heavy (non-hydrogen) atoms. The molecule has 3 saturated heterocycles. The second-order valence-electron chi connectivity index (χ2n) is 7.08. The van der Waals surface area contributed by atoms with Gasteiger partial charge in [-0.2, -0.15) is 0 Å². The Labute approximate surface area is 136 Å². The average Bonchev–Trinajstić information content (AvgIpc) is 3.10. The largest absolute Gasteiger partial charge is 0.448 e. The molecular weight excluding hydrogens is 298 g/mol. The number of ether oxygens (including phenoxy) is 1. The van der Waals surface area contributed by atoms with E-state index in [2.05, 4.69) is 0 Å². The van der Waals surface area contributed by atoms with Crippen LogP contribution in [-0.2, 0) is 14.3 Å². The molecule has 0 aromatic heterocycles. The van der Waals surface area contributed by atoms with Crippen LogP contribution in [0.1, 0.15) is 33.1 Å². The fourth-order valence-corrected chi connectivity index (χ4v) is 3.89. The molecule has 0 unspecified atom stereocenters. The quantitative estimate of drug-likeness (QED) is 0.766. The number of carbonyl (C=O) groups excluding carboxylic acids is 3. The maximum atomic E-state index is 12.9. The topological polar surface area (TPSA) is 70.2 Å². The number of hydrogen-bond donors (Lipinski definition) is 0. The van der Waals surface area contributed by atoms with Crippen molar-refractivity contribution in [1.82, 2.24) is 14.7 Å². The highest BCUT2D eigenvalue weighted by atomic mass is 16.6. The summed E-state index contributed by atoms with van der Waals surface area (Å²) in [5.74, 6) is 0.102. The van der Waals surface area contributed by atoms with Gasteiger partial charge in [0.1, 0.15) is 13.2 Å². The molecule has 0 aliphatic carbocycles. The van der Waals surface area contributed by atoms with Crippen molar-refractivity contribution < 1.29 is 19.1 Å². The van der Waals surface area contributed by atoms with E-state index in [9.17, 15) is 14.4 Å². The Morgan fingerprint density at radius 1 is 1.22 bits per heavy atom. The highest BCUT2D eigenvalue weighted by molar-refractivity contribution is 5.87. The van der Waals surface area contributed by atoms with Crippen LogP contribution in [0.2, 0.25) is 0 Å². The van der Waals surface area contributed by atoms with E-state index in [4.69, 9.17) is 4.74 Å². The maximum Gasteiger partial charge on any atom is 0.410 e. The molecule has 7 nitrogen and oxygen atoms in total. The smallest absolute Gasteiger partial charge is 0.410 e. The second kappa shape index (κ2) is 6.02. The minimum Gasteiger partial charge on any atom is -0.448 e. The number of rotatable bonds is 3. The molecule has 128 valence electrons. The van der Waals surface area contributed by atoms with Gasteiger partial charge in [0, 0.05) is 25.7 Å². The standard InChI is InChI=1S/C16H25N3O4/c1-12(2)19-6-3-4-16(14(19)21)5-7-18(11-16)13(20)10-17-8-9-23-15(17)22/h12H,3-11H2,1-2H3/t16-/m1/s1. The van der Waals surface area contributed by atoms with E-state index in [1.807, 2.05) is 18.7 Å². The molecule has 3 heterocycles. The molecular formula is C16H25N3O4. The second-order valence-corrected chi connectivity index (χ2v) is 7.08. The Morgan fingerprint density at radius 2 is 2.00 bits per heavy atom. The van der Waals surface area contributed by atoms with Gasteiger partial charge in [-0.15, -0.1) is 0 Å². The van der Waals surface area contributed by atoms with Crippen LogP contribution in [0.25, 0.3) is 0 Å². The molecule has 0 aromatic rings. The fourth-order valence-electron chi connectivity index (χ4n) is 3.89. The minimum atomic E-state index is -0.424. The van der Waals surface area contributed by atoms with Gasteiger partial charge in [0.2, 0.25) is 11.8 Å². The van der Waals surface area contributed by atoms with Crippen molar-refractivity contribution in [3.05, 3.63) is 0 Å². The van der Waals surface area contributed by atoms with Crippen LogP contribution in [0.4, 0.5) is 4.79 Å². The first kappa shape index (κ1) is 16.1. The first-order valence-corrected chi connectivity index (χ1v) is 8.43. The molecule has 3 aliphatic heterocycles. The predicted molar refractivity (Wildman–Crippen MR) is 82.6 cm³/mol. The summed E-state index contributed by atoms with van der Waals surface area (Å²) in [6.45, 7) is 6.82. The van der Waals surface area contributed by atoms with Gasteiger partial charge in [0.25, 0.3) is 0 Å². The third-order valence-electron chi connectivity index (χ3n) is 5.27. The summed E-state index contributed by atoms with van der Waals surface area (Å²) in [5.41, 5.74) is -0.413. The van der Waals surface area contributed by atoms with E-state index in [1.165, 1.54) is 4.90 Å². The van der Waals surface area contributed by atoms with Crippen molar-refractivity contribution in [2.24, 2.45) is 5.41 Å². The third-order valence-corrected chi connectivity index (χ3v) is 5.27. The van der Waals surface area contributed by atoms with Gasteiger partial charge < -0.3 is 14.5 Å². The van der Waals surface area contributed by atoms with Crippen molar-refractivity contribution >= 4 is 17.9 Å². The molecule has 3 amide bonds. The van der Waals surface area contributed by atoms with Crippen LogP contribution < -0.4 is 0 Å². The van der Waals surface area contributed by atoms with E-state index < -0.39 is 11.5 Å². The summed E-state index contributed by atoms with van der Waals surface area (Å²) < 4.78 is 4.85. The van der Waals surface area contributed by atoms with Gasteiger partial charge in [-0.1, -0.05) is 0 Å². The van der Waals surface area contributed by atoms with E-state index in [0.29, 0.717) is 26.2 Å². The van der Waals surface area contributed by atoms with E-state index in [1.54, 1.807) is 4.90 Å². The molecule has 0 radical (unpaired) electrons. The Hall–Kier alpha value is -1.79. The summed E-state index contributed by atoms with van der Waals surface area (Å²) in [7, 11) is 0. The number of nitrogens with zero attached hydrogens (tertiary/aromatic N) is 3. The normalized spacial score (nSPS) is 28.2. The summed E-state index contributed by atoms with van der Waals surface area (Å²) >= 11 is 0. The summed E-state index contributed by atoms with van der Waals surface area (Å²) in [5, 5.41) is 0. The molecule has 0 aromatic carbocycles. The fraction of sp³-hybridized carbons (Fsp3) is 0.812. The van der Waals surface area contributed by atoms with Crippen molar-refractivity contribution in [2.45, 2.75) is 39.2 Å². The average molecular weight is 323 g/mol. The molecule has 1 spiro atoms. The molecule has 0 N–H and O–H groups in total. The van der Waals surface area contributed by atoms with Gasteiger partial charge >= 0.3 is 6.09 Å². The monoisotopic (exact) mass is 323 g/mol. The molecule has 3 rings (SSSR count). The Kier molecular flexibility index (Phi) is 4.21. The zero-order valence-corrected chi connectivity index (χ0v) is 13.9. The summed E-state index contributed by atoms with van der Waals surface area (Å²) in [6, 6.07) is 0.198. The van der Waals surface area contributed by atoms with Gasteiger partial charge in [0.05, 0.1) is 12.0 Å². The number of cyclic esters (lactones) is 1. The van der Waals surface area contributed by atoms with Crippen LogP contribution in [-0.4, -0.2) is 78.0 Å². The summed E-state index contributed by atoms with van der Waals surface area (Å²) in [6.07, 6.45) is 2.15. The maximum absolute atomic E-state index is 12.9. The number of carbonyl (C=O) groups is 3. The van der Waals surface area contributed by atoms with Crippen LogP contribution in [0, 0.1) is 5.41 Å². The third kappa shape index (κ3) is 2.88. The molecule has 7 heteroatoms. The summed E-state index contributed by atoms with van der Waals surface area (Å²) in [4.78, 5) is 41.9. The first-order chi connectivity index (χ1) is 10.9. The van der Waals surface area contributed by atoms with Gasteiger partial charge in [-0.25, -0.2) is 4.79 Å². The van der Waals surface area contributed by atoms with Crippen molar-refractivity contribution in [3.63, 3.8) is 0 Å². The molecule has 3 aliphatic rings. The van der Waals surface area contributed by atoms with Crippen LogP contribution >= 0.6 is 0 Å². The highest BCUT2D eigenvalue weighted by Gasteiger charge is 2.49. The Balaban J connectivity index is 1.64.